The zero-order chi connectivity index (χ0) is 12.1. The van der Waals surface area contributed by atoms with Crippen molar-refractivity contribution in [3.63, 3.8) is 0 Å². The van der Waals surface area contributed by atoms with Gasteiger partial charge in [0, 0.05) is 6.92 Å². The van der Waals surface area contributed by atoms with Crippen LogP contribution in [0.3, 0.4) is 0 Å². The molecule has 0 saturated heterocycles. The molecule has 0 unspecified atom stereocenters. The maximum atomic E-state index is 11.4. The van der Waals surface area contributed by atoms with Crippen molar-refractivity contribution in [3.05, 3.63) is 21.9 Å². The minimum absolute atomic E-state index is 0.0933. The van der Waals surface area contributed by atoms with Crippen LogP contribution in [0.4, 0.5) is 0 Å². The number of nitrogens with two attached hydrogens (primary N) is 1. The Morgan fingerprint density at radius 3 is 2.62 bits per heavy atom. The molecule has 1 aromatic rings. The van der Waals surface area contributed by atoms with Crippen molar-refractivity contribution in [2.24, 2.45) is 10.9 Å². The third-order valence-electron chi connectivity index (χ3n) is 1.64. The van der Waals surface area contributed by atoms with Crippen molar-refractivity contribution in [1.29, 1.82) is 0 Å². The zero-order valence-electron chi connectivity index (χ0n) is 8.90. The first-order valence-electron chi connectivity index (χ1n) is 4.45. The van der Waals surface area contributed by atoms with Gasteiger partial charge in [-0.25, -0.2) is 11.3 Å². The van der Waals surface area contributed by atoms with Gasteiger partial charge in [0.1, 0.15) is 0 Å². The third kappa shape index (κ3) is 3.14. The highest BCUT2D eigenvalue weighted by Gasteiger charge is 2.15. The van der Waals surface area contributed by atoms with Gasteiger partial charge in [-0.2, -0.15) is 5.10 Å². The summed E-state index contributed by atoms with van der Waals surface area (Å²) in [7, 11) is 0. The van der Waals surface area contributed by atoms with Gasteiger partial charge in [0.05, 0.1) is 4.88 Å². The molecule has 0 saturated carbocycles. The van der Waals surface area contributed by atoms with E-state index in [0.29, 0.717) is 4.88 Å². The van der Waals surface area contributed by atoms with Crippen molar-refractivity contribution in [2.75, 3.05) is 0 Å². The Bertz CT molecular complexity index is 438. The fraction of sp³-hybridized carbons (Fsp3) is 0.222. The number of nitrogens with zero attached hydrogens (tertiary/aromatic N) is 1. The van der Waals surface area contributed by atoms with Gasteiger partial charge < -0.3 is 0 Å². The number of amides is 2. The molecule has 0 atom stereocenters. The smallest absolute Gasteiger partial charge is 0.287 e. The molecule has 2 amide bonds. The minimum atomic E-state index is -0.546. The number of aryl methyl sites for hydroxylation is 1. The fourth-order valence-corrected chi connectivity index (χ4v) is 1.86. The second-order valence-corrected chi connectivity index (χ2v) is 4.00. The van der Waals surface area contributed by atoms with E-state index in [0.717, 1.165) is 5.56 Å². The van der Waals surface area contributed by atoms with Gasteiger partial charge in [-0.1, -0.05) is 0 Å². The Morgan fingerprint density at radius 2 is 2.19 bits per heavy atom. The summed E-state index contributed by atoms with van der Waals surface area (Å²) in [6.07, 6.45) is 0. The number of thiophene rings is 1. The van der Waals surface area contributed by atoms with E-state index < -0.39 is 5.91 Å². The van der Waals surface area contributed by atoms with Crippen LogP contribution in [0.25, 0.3) is 0 Å². The minimum Gasteiger partial charge on any atom is -0.289 e. The maximum absolute atomic E-state index is 11.4. The summed E-state index contributed by atoms with van der Waals surface area (Å²) < 4.78 is 0. The summed E-state index contributed by atoms with van der Waals surface area (Å²) in [5, 5.41) is 5.59. The van der Waals surface area contributed by atoms with E-state index in [1.807, 2.05) is 17.7 Å². The number of carbonyl (C=O) groups is 2. The molecule has 0 spiro atoms. The normalized spacial score (nSPS) is 11.1. The molecule has 1 aromatic heterocycles. The summed E-state index contributed by atoms with van der Waals surface area (Å²) in [5.41, 5.74) is 5.30. The summed E-state index contributed by atoms with van der Waals surface area (Å²) in [6.45, 7) is 3.21. The topological polar surface area (TPSA) is 96.6 Å². The number of carbonyl (C=O) groups excluding carboxylic acids is 2. The second-order valence-electron chi connectivity index (χ2n) is 3.09. The molecule has 86 valence electrons. The van der Waals surface area contributed by atoms with Crippen LogP contribution < -0.4 is 16.7 Å². The molecule has 6 nitrogen and oxygen atoms in total. The second kappa shape index (κ2) is 5.38. The number of nitrogens with one attached hydrogen (secondary N) is 2. The average Bonchev–Trinajstić information content (AvgIpc) is 2.64. The highest BCUT2D eigenvalue weighted by atomic mass is 32.1. The van der Waals surface area contributed by atoms with Gasteiger partial charge in [0.25, 0.3) is 5.91 Å². The molecule has 4 N–H and O–H groups in total. The van der Waals surface area contributed by atoms with Gasteiger partial charge in [0.15, 0.2) is 5.71 Å². The predicted octanol–water partition coefficient (Wildman–Crippen LogP) is -0.113. The predicted molar refractivity (Wildman–Crippen MR) is 61.7 cm³/mol. The highest BCUT2D eigenvalue weighted by Crippen LogP contribution is 2.14. The quantitative estimate of drug-likeness (QED) is 0.297. The van der Waals surface area contributed by atoms with Crippen LogP contribution in [0.2, 0.25) is 0 Å². The Labute approximate surface area is 96.5 Å². The van der Waals surface area contributed by atoms with Crippen LogP contribution >= 0.6 is 11.3 Å². The van der Waals surface area contributed by atoms with Crippen LogP contribution in [-0.4, -0.2) is 17.5 Å². The highest BCUT2D eigenvalue weighted by molar-refractivity contribution is 7.13. The Balaban J connectivity index is 3.00. The van der Waals surface area contributed by atoms with E-state index in [2.05, 4.69) is 10.5 Å². The standard InChI is InChI=1S/C9H12N4O2S/c1-5-3-7(16-4-5)8(9(15)11-10)13-12-6(2)14/h3-4H,10H2,1-2H3,(H,11,15)(H,12,14). The van der Waals surface area contributed by atoms with Crippen LogP contribution in [0.15, 0.2) is 16.5 Å². The zero-order valence-corrected chi connectivity index (χ0v) is 9.72. The summed E-state index contributed by atoms with van der Waals surface area (Å²) in [5.74, 6) is 4.14. The number of hydrogen-bond acceptors (Lipinski definition) is 5. The van der Waals surface area contributed by atoms with Gasteiger partial charge >= 0.3 is 0 Å². The van der Waals surface area contributed by atoms with E-state index in [9.17, 15) is 9.59 Å². The van der Waals surface area contributed by atoms with Crippen LogP contribution in [0.1, 0.15) is 17.4 Å². The van der Waals surface area contributed by atoms with E-state index in [1.165, 1.54) is 18.3 Å². The first-order valence-corrected chi connectivity index (χ1v) is 5.33. The summed E-state index contributed by atoms with van der Waals surface area (Å²) in [6, 6.07) is 1.79. The molecular weight excluding hydrogens is 228 g/mol. The SMILES string of the molecule is CC(=O)NN=C(C(=O)NN)c1cc(C)cs1. The number of rotatable bonds is 3. The first-order chi connectivity index (χ1) is 7.54. The molecule has 0 radical (unpaired) electrons. The molecule has 16 heavy (non-hydrogen) atoms. The maximum Gasteiger partial charge on any atom is 0.287 e. The first kappa shape index (κ1) is 12.3. The molecule has 1 rings (SSSR count). The van der Waals surface area contributed by atoms with E-state index in [1.54, 1.807) is 6.07 Å². The lowest BCUT2D eigenvalue weighted by molar-refractivity contribution is -0.118. The molecule has 7 heteroatoms. The van der Waals surface area contributed by atoms with E-state index in [4.69, 9.17) is 5.84 Å². The van der Waals surface area contributed by atoms with E-state index in [-0.39, 0.29) is 11.6 Å². The van der Waals surface area contributed by atoms with Gasteiger partial charge in [-0.05, 0) is 23.9 Å². The number of hydrazine groups is 1. The van der Waals surface area contributed by atoms with Gasteiger partial charge in [-0.15, -0.1) is 11.3 Å². The lowest BCUT2D eigenvalue weighted by atomic mass is 10.2. The molecule has 0 bridgehead atoms. The van der Waals surface area contributed by atoms with Crippen molar-refractivity contribution < 1.29 is 9.59 Å². The molecule has 0 aliphatic carbocycles. The molecule has 0 fully saturated rings. The Hall–Kier alpha value is -1.73. The largest absolute Gasteiger partial charge is 0.289 e. The number of hydrazone groups is 1. The van der Waals surface area contributed by atoms with Crippen molar-refractivity contribution in [3.8, 4) is 0 Å². The summed E-state index contributed by atoms with van der Waals surface area (Å²) in [4.78, 5) is 22.8. The fourth-order valence-electron chi connectivity index (χ4n) is 0.976. The Kier molecular flexibility index (Phi) is 4.15. The van der Waals surface area contributed by atoms with E-state index >= 15 is 0 Å². The molecule has 0 aliphatic heterocycles. The summed E-state index contributed by atoms with van der Waals surface area (Å²) >= 11 is 1.35. The monoisotopic (exact) mass is 240 g/mol. The van der Waals surface area contributed by atoms with Crippen LogP contribution in [0, 0.1) is 6.92 Å². The lowest BCUT2D eigenvalue weighted by Gasteiger charge is -2.02. The van der Waals surface area contributed by atoms with Crippen LogP contribution in [-0.2, 0) is 9.59 Å². The molecule has 0 aromatic carbocycles. The van der Waals surface area contributed by atoms with Crippen molar-refractivity contribution in [1.82, 2.24) is 10.9 Å². The molecule has 1 heterocycles. The Morgan fingerprint density at radius 1 is 1.50 bits per heavy atom. The molecule has 0 aliphatic rings. The van der Waals surface area contributed by atoms with Crippen molar-refractivity contribution >= 4 is 28.9 Å². The lowest BCUT2D eigenvalue weighted by Crippen LogP contribution is -2.37. The number of hydrogen-bond donors (Lipinski definition) is 3. The van der Waals surface area contributed by atoms with Crippen molar-refractivity contribution in [2.45, 2.75) is 13.8 Å². The van der Waals surface area contributed by atoms with Gasteiger partial charge in [0.2, 0.25) is 5.91 Å². The van der Waals surface area contributed by atoms with Gasteiger partial charge in [-0.3, -0.25) is 15.0 Å². The molecular formula is C9H12N4O2S. The van der Waals surface area contributed by atoms with Crippen LogP contribution in [0.5, 0.6) is 0 Å². The third-order valence-corrected chi connectivity index (χ3v) is 2.69. The average molecular weight is 240 g/mol.